The molecular weight excluding hydrogens is 258 g/mol. The first kappa shape index (κ1) is 12.7. The van der Waals surface area contributed by atoms with Crippen molar-refractivity contribution in [2.45, 2.75) is 12.3 Å². The molecule has 2 rings (SSSR count). The van der Waals surface area contributed by atoms with E-state index in [0.717, 1.165) is 17.8 Å². The standard InChI is InChI=1S/C12H16ClNO2S/c13-10-11-2-4-12(5-3-11)14-6-1-8-17(15,16)9-7-14/h2-5H,1,6-10H2. The molecule has 0 radical (unpaired) electrons. The molecule has 0 unspecified atom stereocenters. The predicted octanol–water partition coefficient (Wildman–Crippen LogP) is 2.05. The van der Waals surface area contributed by atoms with Gasteiger partial charge in [-0.1, -0.05) is 12.1 Å². The van der Waals surface area contributed by atoms with Gasteiger partial charge in [0.15, 0.2) is 9.84 Å². The van der Waals surface area contributed by atoms with Gasteiger partial charge >= 0.3 is 0 Å². The van der Waals surface area contributed by atoms with Crippen molar-refractivity contribution < 1.29 is 8.42 Å². The second-order valence-electron chi connectivity index (χ2n) is 4.29. The summed E-state index contributed by atoms with van der Waals surface area (Å²) in [6, 6.07) is 7.99. The normalized spacial score (nSPS) is 19.9. The number of hydrogen-bond donors (Lipinski definition) is 0. The van der Waals surface area contributed by atoms with E-state index < -0.39 is 9.84 Å². The van der Waals surface area contributed by atoms with Gasteiger partial charge in [0.25, 0.3) is 0 Å². The van der Waals surface area contributed by atoms with Crippen LogP contribution < -0.4 is 4.90 Å². The number of benzene rings is 1. The number of nitrogens with zero attached hydrogens (tertiary/aromatic N) is 1. The Morgan fingerprint density at radius 2 is 1.82 bits per heavy atom. The van der Waals surface area contributed by atoms with Crippen LogP contribution in [0.1, 0.15) is 12.0 Å². The van der Waals surface area contributed by atoms with Gasteiger partial charge < -0.3 is 4.90 Å². The zero-order valence-electron chi connectivity index (χ0n) is 9.60. The Balaban J connectivity index is 2.11. The summed E-state index contributed by atoms with van der Waals surface area (Å²) in [5, 5.41) is 0. The van der Waals surface area contributed by atoms with Gasteiger partial charge in [-0.3, -0.25) is 0 Å². The molecule has 1 aromatic rings. The lowest BCUT2D eigenvalue weighted by atomic mass is 10.2. The first-order valence-electron chi connectivity index (χ1n) is 5.71. The van der Waals surface area contributed by atoms with E-state index in [1.807, 2.05) is 24.3 Å². The average molecular weight is 274 g/mol. The Morgan fingerprint density at radius 3 is 2.47 bits per heavy atom. The Bertz CT molecular complexity index is 470. The molecular formula is C12H16ClNO2S. The second kappa shape index (κ2) is 5.27. The van der Waals surface area contributed by atoms with Gasteiger partial charge in [-0.25, -0.2) is 8.42 Å². The summed E-state index contributed by atoms with van der Waals surface area (Å²) in [5.74, 6) is 1.07. The third kappa shape index (κ3) is 3.36. The number of sulfone groups is 1. The van der Waals surface area contributed by atoms with Crippen molar-refractivity contribution in [3.63, 3.8) is 0 Å². The molecule has 0 saturated carbocycles. The largest absolute Gasteiger partial charge is 0.370 e. The Labute approximate surface area is 107 Å². The number of hydrogen-bond acceptors (Lipinski definition) is 3. The molecule has 0 aliphatic carbocycles. The van der Waals surface area contributed by atoms with Gasteiger partial charge in [-0.2, -0.15) is 0 Å². The lowest BCUT2D eigenvalue weighted by molar-refractivity contribution is 0.597. The molecule has 0 amide bonds. The summed E-state index contributed by atoms with van der Waals surface area (Å²) in [5.41, 5.74) is 2.16. The Morgan fingerprint density at radius 1 is 1.12 bits per heavy atom. The van der Waals surface area contributed by atoms with Crippen LogP contribution in [0.15, 0.2) is 24.3 Å². The summed E-state index contributed by atoms with van der Waals surface area (Å²) in [6.45, 7) is 1.39. The summed E-state index contributed by atoms with van der Waals surface area (Å²) >= 11 is 5.74. The topological polar surface area (TPSA) is 37.4 Å². The van der Waals surface area contributed by atoms with Gasteiger partial charge in [0.05, 0.1) is 11.5 Å². The fourth-order valence-corrected chi connectivity index (χ4v) is 3.44. The van der Waals surface area contributed by atoms with Crippen LogP contribution in [0.3, 0.4) is 0 Å². The molecule has 1 fully saturated rings. The molecule has 0 aromatic heterocycles. The Kier molecular flexibility index (Phi) is 3.94. The molecule has 94 valence electrons. The van der Waals surface area contributed by atoms with Crippen molar-refractivity contribution in [2.75, 3.05) is 29.5 Å². The fourth-order valence-electron chi connectivity index (χ4n) is 1.99. The Hall–Kier alpha value is -0.740. The van der Waals surface area contributed by atoms with Crippen LogP contribution in [0.25, 0.3) is 0 Å². The average Bonchev–Trinajstić information content (AvgIpc) is 2.50. The fraction of sp³-hybridized carbons (Fsp3) is 0.500. The summed E-state index contributed by atoms with van der Waals surface area (Å²) in [7, 11) is -2.84. The summed E-state index contributed by atoms with van der Waals surface area (Å²) in [4.78, 5) is 2.13. The maximum absolute atomic E-state index is 11.5. The van der Waals surface area contributed by atoms with Gasteiger partial charge in [0.2, 0.25) is 0 Å². The van der Waals surface area contributed by atoms with Gasteiger partial charge in [0, 0.05) is 24.7 Å². The molecule has 1 heterocycles. The number of rotatable bonds is 2. The SMILES string of the molecule is O=S1(=O)CCCN(c2ccc(CCl)cc2)CC1. The van der Waals surface area contributed by atoms with Crippen molar-refractivity contribution in [1.82, 2.24) is 0 Å². The van der Waals surface area contributed by atoms with Crippen LogP contribution in [0, 0.1) is 0 Å². The van der Waals surface area contributed by atoms with E-state index in [2.05, 4.69) is 4.90 Å². The predicted molar refractivity (Wildman–Crippen MR) is 71.5 cm³/mol. The zero-order chi connectivity index (χ0) is 12.3. The van der Waals surface area contributed by atoms with Gasteiger partial charge in [-0.05, 0) is 24.1 Å². The van der Waals surface area contributed by atoms with E-state index in [1.165, 1.54) is 0 Å². The van der Waals surface area contributed by atoms with Crippen molar-refractivity contribution in [3.05, 3.63) is 29.8 Å². The van der Waals surface area contributed by atoms with Crippen LogP contribution in [-0.4, -0.2) is 33.0 Å². The molecule has 0 bridgehead atoms. The third-order valence-electron chi connectivity index (χ3n) is 3.01. The van der Waals surface area contributed by atoms with Crippen molar-refractivity contribution in [1.29, 1.82) is 0 Å². The van der Waals surface area contributed by atoms with Crippen LogP contribution in [0.2, 0.25) is 0 Å². The molecule has 3 nitrogen and oxygen atoms in total. The lowest BCUT2D eigenvalue weighted by Gasteiger charge is -2.22. The minimum absolute atomic E-state index is 0.254. The zero-order valence-corrected chi connectivity index (χ0v) is 11.2. The molecule has 17 heavy (non-hydrogen) atoms. The molecule has 1 aliphatic heterocycles. The first-order chi connectivity index (χ1) is 8.11. The molecule has 1 saturated heterocycles. The van der Waals surface area contributed by atoms with Gasteiger partial charge in [0.1, 0.15) is 0 Å². The van der Waals surface area contributed by atoms with Crippen molar-refractivity contribution >= 4 is 27.1 Å². The van der Waals surface area contributed by atoms with E-state index in [4.69, 9.17) is 11.6 Å². The molecule has 1 aliphatic rings. The number of anilines is 1. The monoisotopic (exact) mass is 273 g/mol. The first-order valence-corrected chi connectivity index (χ1v) is 8.06. The van der Waals surface area contributed by atoms with E-state index >= 15 is 0 Å². The minimum atomic E-state index is -2.84. The van der Waals surface area contributed by atoms with Crippen LogP contribution in [-0.2, 0) is 15.7 Å². The maximum Gasteiger partial charge on any atom is 0.152 e. The molecule has 0 N–H and O–H groups in total. The van der Waals surface area contributed by atoms with E-state index in [9.17, 15) is 8.42 Å². The highest BCUT2D eigenvalue weighted by Gasteiger charge is 2.19. The minimum Gasteiger partial charge on any atom is -0.370 e. The lowest BCUT2D eigenvalue weighted by Crippen LogP contribution is -2.26. The van der Waals surface area contributed by atoms with Gasteiger partial charge in [-0.15, -0.1) is 11.6 Å². The quantitative estimate of drug-likeness (QED) is 0.774. The van der Waals surface area contributed by atoms with E-state index in [-0.39, 0.29) is 5.75 Å². The van der Waals surface area contributed by atoms with Crippen molar-refractivity contribution in [2.24, 2.45) is 0 Å². The van der Waals surface area contributed by atoms with Crippen LogP contribution in [0.5, 0.6) is 0 Å². The highest BCUT2D eigenvalue weighted by molar-refractivity contribution is 7.91. The van der Waals surface area contributed by atoms with Crippen LogP contribution >= 0.6 is 11.6 Å². The van der Waals surface area contributed by atoms with E-state index in [0.29, 0.717) is 24.6 Å². The smallest absolute Gasteiger partial charge is 0.152 e. The molecule has 0 spiro atoms. The van der Waals surface area contributed by atoms with E-state index in [1.54, 1.807) is 0 Å². The summed E-state index contributed by atoms with van der Waals surface area (Å²) < 4.78 is 23.0. The number of halogens is 1. The van der Waals surface area contributed by atoms with Crippen LogP contribution in [0.4, 0.5) is 5.69 Å². The summed E-state index contributed by atoms with van der Waals surface area (Å²) in [6.07, 6.45) is 0.708. The van der Waals surface area contributed by atoms with Crippen molar-refractivity contribution in [3.8, 4) is 0 Å². The third-order valence-corrected chi connectivity index (χ3v) is 5.04. The maximum atomic E-state index is 11.5. The highest BCUT2D eigenvalue weighted by atomic mass is 35.5. The molecule has 0 atom stereocenters. The number of alkyl halides is 1. The molecule has 1 aromatic carbocycles. The highest BCUT2D eigenvalue weighted by Crippen LogP contribution is 2.18. The molecule has 5 heteroatoms. The second-order valence-corrected chi connectivity index (χ2v) is 6.86.